The summed E-state index contributed by atoms with van der Waals surface area (Å²) in [7, 11) is 0. The van der Waals surface area contributed by atoms with E-state index in [0.717, 1.165) is 36.0 Å². The van der Waals surface area contributed by atoms with Gasteiger partial charge in [-0.1, -0.05) is 12.1 Å². The number of nitrogens with zero attached hydrogens (tertiary/aromatic N) is 3. The van der Waals surface area contributed by atoms with Gasteiger partial charge in [0.2, 0.25) is 0 Å². The van der Waals surface area contributed by atoms with Gasteiger partial charge in [-0.2, -0.15) is 0 Å². The van der Waals surface area contributed by atoms with E-state index < -0.39 is 0 Å². The lowest BCUT2D eigenvalue weighted by atomic mass is 10.2. The third-order valence-corrected chi connectivity index (χ3v) is 3.52. The van der Waals surface area contributed by atoms with Crippen LogP contribution in [0.2, 0.25) is 0 Å². The summed E-state index contributed by atoms with van der Waals surface area (Å²) in [6.45, 7) is 2.70. The molecule has 5 nitrogen and oxygen atoms in total. The van der Waals surface area contributed by atoms with Crippen molar-refractivity contribution in [2.75, 3.05) is 23.3 Å². The first-order valence-corrected chi connectivity index (χ1v) is 6.98. The first-order valence-electron chi connectivity index (χ1n) is 6.98. The molecule has 20 heavy (non-hydrogen) atoms. The van der Waals surface area contributed by atoms with Crippen LogP contribution in [0.15, 0.2) is 36.7 Å². The molecule has 1 fully saturated rings. The van der Waals surface area contributed by atoms with Crippen molar-refractivity contribution in [3.05, 3.63) is 42.2 Å². The Bertz CT molecular complexity index is 578. The van der Waals surface area contributed by atoms with Gasteiger partial charge in [-0.3, -0.25) is 0 Å². The fourth-order valence-corrected chi connectivity index (χ4v) is 2.46. The van der Waals surface area contributed by atoms with Crippen LogP contribution in [-0.4, -0.2) is 23.1 Å². The van der Waals surface area contributed by atoms with Crippen LogP contribution in [0.3, 0.4) is 0 Å². The third kappa shape index (κ3) is 2.88. The monoisotopic (exact) mass is 269 g/mol. The van der Waals surface area contributed by atoms with Crippen LogP contribution in [0.4, 0.5) is 17.3 Å². The molecule has 2 aromatic rings. The van der Waals surface area contributed by atoms with Gasteiger partial charge in [0.1, 0.15) is 18.0 Å². The topological polar surface area (TPSA) is 67.1 Å². The van der Waals surface area contributed by atoms with Crippen LogP contribution < -0.4 is 16.0 Å². The summed E-state index contributed by atoms with van der Waals surface area (Å²) in [5.41, 5.74) is 7.76. The van der Waals surface area contributed by atoms with E-state index in [-0.39, 0.29) is 0 Å². The number of anilines is 3. The second-order valence-electron chi connectivity index (χ2n) is 4.99. The average Bonchev–Trinajstić information content (AvgIpc) is 3.02. The van der Waals surface area contributed by atoms with Crippen molar-refractivity contribution in [1.82, 2.24) is 9.97 Å². The number of hydrogen-bond donors (Lipinski definition) is 2. The maximum absolute atomic E-state index is 5.66. The Labute approximate surface area is 118 Å². The second kappa shape index (κ2) is 5.88. The molecule has 0 amide bonds. The summed E-state index contributed by atoms with van der Waals surface area (Å²) < 4.78 is 0. The highest BCUT2D eigenvalue weighted by Crippen LogP contribution is 2.21. The van der Waals surface area contributed by atoms with E-state index in [4.69, 9.17) is 5.73 Å². The van der Waals surface area contributed by atoms with Crippen molar-refractivity contribution in [2.45, 2.75) is 19.4 Å². The molecule has 1 aromatic carbocycles. The molecule has 0 aliphatic carbocycles. The normalized spacial score (nSPS) is 14.6. The van der Waals surface area contributed by atoms with Gasteiger partial charge < -0.3 is 16.0 Å². The molecule has 1 aliphatic rings. The van der Waals surface area contributed by atoms with Crippen LogP contribution in [0.25, 0.3) is 0 Å². The van der Waals surface area contributed by atoms with Crippen molar-refractivity contribution >= 4 is 17.3 Å². The van der Waals surface area contributed by atoms with Gasteiger partial charge in [0.25, 0.3) is 0 Å². The van der Waals surface area contributed by atoms with E-state index in [1.165, 1.54) is 12.8 Å². The summed E-state index contributed by atoms with van der Waals surface area (Å²) in [6, 6.07) is 10.1. The maximum atomic E-state index is 5.66. The molecule has 0 spiro atoms. The van der Waals surface area contributed by atoms with Gasteiger partial charge in [-0.25, -0.2) is 9.97 Å². The van der Waals surface area contributed by atoms with Gasteiger partial charge >= 0.3 is 0 Å². The Morgan fingerprint density at radius 1 is 1.15 bits per heavy atom. The molecule has 5 heteroatoms. The third-order valence-electron chi connectivity index (χ3n) is 3.52. The van der Waals surface area contributed by atoms with Gasteiger partial charge in [-0.15, -0.1) is 0 Å². The van der Waals surface area contributed by atoms with Crippen LogP contribution in [0.1, 0.15) is 18.4 Å². The van der Waals surface area contributed by atoms with Crippen LogP contribution >= 0.6 is 0 Å². The molecule has 1 aliphatic heterocycles. The van der Waals surface area contributed by atoms with Crippen LogP contribution in [0, 0.1) is 0 Å². The molecule has 3 rings (SSSR count). The maximum Gasteiger partial charge on any atom is 0.135 e. The van der Waals surface area contributed by atoms with E-state index in [9.17, 15) is 0 Å². The molecule has 0 atom stereocenters. The number of nitrogens with two attached hydrogens (primary N) is 1. The molecule has 0 saturated carbocycles. The summed E-state index contributed by atoms with van der Waals surface area (Å²) in [5.74, 6) is 1.81. The molecule has 0 bridgehead atoms. The Balaban J connectivity index is 1.78. The summed E-state index contributed by atoms with van der Waals surface area (Å²) in [5, 5.41) is 3.31. The number of hydrogen-bond acceptors (Lipinski definition) is 5. The van der Waals surface area contributed by atoms with Crippen molar-refractivity contribution < 1.29 is 0 Å². The van der Waals surface area contributed by atoms with Crippen LogP contribution in [0.5, 0.6) is 0 Å². The highest BCUT2D eigenvalue weighted by Gasteiger charge is 2.13. The van der Waals surface area contributed by atoms with Gasteiger partial charge in [0, 0.05) is 31.4 Å². The fraction of sp³-hybridized carbons (Fsp3) is 0.333. The first-order chi connectivity index (χ1) is 9.85. The Morgan fingerprint density at radius 3 is 2.80 bits per heavy atom. The zero-order chi connectivity index (χ0) is 13.8. The highest BCUT2D eigenvalue weighted by molar-refractivity contribution is 5.60. The lowest BCUT2D eigenvalue weighted by Crippen LogP contribution is -2.19. The van der Waals surface area contributed by atoms with Crippen molar-refractivity contribution in [1.29, 1.82) is 0 Å². The molecule has 1 saturated heterocycles. The van der Waals surface area contributed by atoms with E-state index in [1.54, 1.807) is 6.33 Å². The summed E-state index contributed by atoms with van der Waals surface area (Å²) in [4.78, 5) is 10.9. The number of benzene rings is 1. The molecular formula is C15H19N5. The van der Waals surface area contributed by atoms with Crippen molar-refractivity contribution in [2.24, 2.45) is 5.73 Å². The number of nitrogens with one attached hydrogen (secondary N) is 1. The minimum atomic E-state index is 0.540. The zero-order valence-corrected chi connectivity index (χ0v) is 11.4. The SMILES string of the molecule is NCc1cccc(Nc2cc(N3CCCC3)ncn2)c1. The lowest BCUT2D eigenvalue weighted by molar-refractivity contribution is 0.928. The predicted octanol–water partition coefficient (Wildman–Crippen LogP) is 2.28. The van der Waals surface area contributed by atoms with Crippen molar-refractivity contribution in [3.8, 4) is 0 Å². The quantitative estimate of drug-likeness (QED) is 0.891. The van der Waals surface area contributed by atoms with E-state index in [1.807, 2.05) is 30.3 Å². The standard InChI is InChI=1S/C15H19N5/c16-10-12-4-3-5-13(8-12)19-14-9-15(18-11-17-14)20-6-1-2-7-20/h3-5,8-9,11H,1-2,6-7,10,16H2,(H,17,18,19). The minimum absolute atomic E-state index is 0.540. The lowest BCUT2D eigenvalue weighted by Gasteiger charge is -2.16. The largest absolute Gasteiger partial charge is 0.356 e. The summed E-state index contributed by atoms with van der Waals surface area (Å²) >= 11 is 0. The van der Waals surface area contributed by atoms with E-state index in [2.05, 4.69) is 20.2 Å². The first kappa shape index (κ1) is 12.9. The Morgan fingerprint density at radius 2 is 2.00 bits per heavy atom. The Kier molecular flexibility index (Phi) is 3.78. The molecule has 3 N–H and O–H groups in total. The molecule has 104 valence electrons. The highest BCUT2D eigenvalue weighted by atomic mass is 15.2. The van der Waals surface area contributed by atoms with Gasteiger partial charge in [0.05, 0.1) is 0 Å². The molecular weight excluding hydrogens is 250 g/mol. The number of aromatic nitrogens is 2. The predicted molar refractivity (Wildman–Crippen MR) is 81.1 cm³/mol. The van der Waals surface area contributed by atoms with Crippen LogP contribution in [-0.2, 0) is 6.54 Å². The summed E-state index contributed by atoms with van der Waals surface area (Å²) in [6.07, 6.45) is 4.10. The van der Waals surface area contributed by atoms with E-state index in [0.29, 0.717) is 6.54 Å². The zero-order valence-electron chi connectivity index (χ0n) is 11.4. The van der Waals surface area contributed by atoms with Gasteiger partial charge in [0.15, 0.2) is 0 Å². The average molecular weight is 269 g/mol. The number of rotatable bonds is 4. The van der Waals surface area contributed by atoms with E-state index >= 15 is 0 Å². The second-order valence-corrected chi connectivity index (χ2v) is 4.99. The van der Waals surface area contributed by atoms with Gasteiger partial charge in [-0.05, 0) is 30.5 Å². The fourth-order valence-electron chi connectivity index (χ4n) is 2.46. The smallest absolute Gasteiger partial charge is 0.135 e. The molecule has 2 heterocycles. The molecule has 1 aromatic heterocycles. The Hall–Kier alpha value is -2.14. The molecule has 0 unspecified atom stereocenters. The molecule has 0 radical (unpaired) electrons. The minimum Gasteiger partial charge on any atom is -0.356 e. The van der Waals surface area contributed by atoms with Crippen molar-refractivity contribution in [3.63, 3.8) is 0 Å².